The molecule has 1 aromatic heterocycles. The Morgan fingerprint density at radius 2 is 2.00 bits per heavy atom. The molecule has 5 nitrogen and oxygen atoms in total. The molecule has 27 heavy (non-hydrogen) atoms. The van der Waals surface area contributed by atoms with Crippen LogP contribution in [-0.4, -0.2) is 16.9 Å². The highest BCUT2D eigenvalue weighted by molar-refractivity contribution is 5.92. The van der Waals surface area contributed by atoms with E-state index in [1.165, 1.54) is 19.3 Å². The van der Waals surface area contributed by atoms with Crippen molar-refractivity contribution in [3.63, 3.8) is 0 Å². The lowest BCUT2D eigenvalue weighted by atomic mass is 9.65. The number of benzene rings is 1. The lowest BCUT2D eigenvalue weighted by molar-refractivity contribution is -0.122. The van der Waals surface area contributed by atoms with Crippen molar-refractivity contribution in [1.82, 2.24) is 4.98 Å². The van der Waals surface area contributed by atoms with Crippen molar-refractivity contribution in [1.29, 1.82) is 0 Å². The Kier molecular flexibility index (Phi) is 5.39. The van der Waals surface area contributed by atoms with Crippen LogP contribution in [0.1, 0.15) is 37.7 Å². The van der Waals surface area contributed by atoms with Crippen LogP contribution in [0.2, 0.25) is 0 Å². The van der Waals surface area contributed by atoms with Gasteiger partial charge in [0.2, 0.25) is 5.91 Å². The first-order chi connectivity index (χ1) is 13.2. The Morgan fingerprint density at radius 1 is 1.19 bits per heavy atom. The highest BCUT2D eigenvalue weighted by Gasteiger charge is 2.40. The van der Waals surface area contributed by atoms with Gasteiger partial charge in [0.25, 0.3) is 0 Å². The third-order valence-corrected chi connectivity index (χ3v) is 6.01. The topological polar surface area (TPSA) is 77.2 Å². The second-order valence-electron chi connectivity index (χ2n) is 7.86. The van der Waals surface area contributed by atoms with Crippen LogP contribution in [0.4, 0.5) is 5.69 Å². The average molecular weight is 365 g/mol. The predicted octanol–water partition coefficient (Wildman–Crippen LogP) is 3.75. The van der Waals surface area contributed by atoms with Gasteiger partial charge in [0.1, 0.15) is 12.4 Å². The molecular formula is C22H27N3O2. The number of carbonyl (C=O) groups is 1. The average Bonchev–Trinajstić information content (AvgIpc) is 2.67. The van der Waals surface area contributed by atoms with Crippen LogP contribution in [0.15, 0.2) is 48.8 Å². The van der Waals surface area contributed by atoms with E-state index in [-0.39, 0.29) is 17.9 Å². The minimum atomic E-state index is 0.0695. The number of nitrogens with zero attached hydrogens (tertiary/aromatic N) is 1. The first-order valence-corrected chi connectivity index (χ1v) is 9.87. The van der Waals surface area contributed by atoms with Crippen LogP contribution in [0.3, 0.4) is 0 Å². The van der Waals surface area contributed by atoms with Gasteiger partial charge in [0.05, 0.1) is 0 Å². The number of anilines is 1. The monoisotopic (exact) mass is 365 g/mol. The minimum Gasteiger partial charge on any atom is -0.489 e. The number of pyridine rings is 1. The zero-order valence-corrected chi connectivity index (χ0v) is 15.5. The van der Waals surface area contributed by atoms with E-state index in [0.29, 0.717) is 18.4 Å². The molecule has 1 heterocycles. The predicted molar refractivity (Wildman–Crippen MR) is 105 cm³/mol. The number of aromatic nitrogens is 1. The first kappa shape index (κ1) is 18.0. The summed E-state index contributed by atoms with van der Waals surface area (Å²) in [6.45, 7) is 0.453. The summed E-state index contributed by atoms with van der Waals surface area (Å²) in [6.07, 6.45) is 8.95. The summed E-state index contributed by atoms with van der Waals surface area (Å²) in [4.78, 5) is 16.9. The van der Waals surface area contributed by atoms with Crippen molar-refractivity contribution < 1.29 is 9.53 Å². The van der Waals surface area contributed by atoms with Gasteiger partial charge in [-0.3, -0.25) is 9.78 Å². The zero-order valence-electron chi connectivity index (χ0n) is 15.5. The standard InChI is InChI=1S/C22H27N3O2/c23-21-16-5-1-6-17(21)11-18(10-16)22(26)25-19-7-2-8-20(12-19)27-14-15-4-3-9-24-13-15/h2-4,7-9,12-13,16-18,21H,1,5-6,10-11,14,23H2,(H,25,26). The molecule has 1 aromatic carbocycles. The Labute approximate surface area is 160 Å². The number of hydrogen-bond acceptors (Lipinski definition) is 4. The summed E-state index contributed by atoms with van der Waals surface area (Å²) in [5.74, 6) is 1.92. The number of ether oxygens (including phenoxy) is 1. The molecule has 2 saturated carbocycles. The molecule has 2 bridgehead atoms. The minimum absolute atomic E-state index is 0.0695. The Balaban J connectivity index is 1.36. The molecule has 2 atom stereocenters. The highest BCUT2D eigenvalue weighted by Crippen LogP contribution is 2.42. The van der Waals surface area contributed by atoms with Crippen LogP contribution in [-0.2, 0) is 11.4 Å². The molecule has 2 fully saturated rings. The molecule has 4 rings (SSSR count). The molecule has 2 aromatic rings. The normalized spacial score (nSPS) is 27.0. The molecule has 0 spiro atoms. The van der Waals surface area contributed by atoms with Crippen molar-refractivity contribution in [2.24, 2.45) is 23.5 Å². The van der Waals surface area contributed by atoms with Gasteiger partial charge in [-0.2, -0.15) is 0 Å². The third-order valence-electron chi connectivity index (χ3n) is 6.01. The maximum Gasteiger partial charge on any atom is 0.227 e. The van der Waals surface area contributed by atoms with E-state index >= 15 is 0 Å². The van der Waals surface area contributed by atoms with Crippen LogP contribution < -0.4 is 15.8 Å². The number of carbonyl (C=O) groups excluding carboxylic acids is 1. The zero-order chi connectivity index (χ0) is 18.6. The van der Waals surface area contributed by atoms with E-state index in [0.717, 1.165) is 29.8 Å². The van der Waals surface area contributed by atoms with E-state index in [2.05, 4.69) is 10.3 Å². The fourth-order valence-corrected chi connectivity index (χ4v) is 4.56. The van der Waals surface area contributed by atoms with Crippen molar-refractivity contribution in [3.05, 3.63) is 54.4 Å². The van der Waals surface area contributed by atoms with Crippen molar-refractivity contribution in [2.75, 3.05) is 5.32 Å². The number of nitrogens with two attached hydrogens (primary N) is 1. The first-order valence-electron chi connectivity index (χ1n) is 9.87. The quantitative estimate of drug-likeness (QED) is 0.846. The molecular weight excluding hydrogens is 338 g/mol. The Hall–Kier alpha value is -2.40. The molecule has 3 N–H and O–H groups in total. The Bertz CT molecular complexity index is 766. The summed E-state index contributed by atoms with van der Waals surface area (Å²) in [6, 6.07) is 11.7. The SMILES string of the molecule is NC1C2CCCC1CC(C(=O)Nc1cccc(OCc3cccnc3)c1)C2. The van der Waals surface area contributed by atoms with Crippen LogP contribution in [0, 0.1) is 17.8 Å². The number of amides is 1. The highest BCUT2D eigenvalue weighted by atomic mass is 16.5. The van der Waals surface area contributed by atoms with Gasteiger partial charge in [-0.15, -0.1) is 0 Å². The Morgan fingerprint density at radius 3 is 2.74 bits per heavy atom. The third kappa shape index (κ3) is 4.30. The van der Waals surface area contributed by atoms with Gasteiger partial charge in [0, 0.05) is 41.7 Å². The molecule has 0 radical (unpaired) electrons. The molecule has 0 saturated heterocycles. The molecule has 2 aliphatic rings. The molecule has 2 unspecified atom stereocenters. The number of hydrogen-bond donors (Lipinski definition) is 2. The van der Waals surface area contributed by atoms with Gasteiger partial charge >= 0.3 is 0 Å². The molecule has 0 aliphatic heterocycles. The van der Waals surface area contributed by atoms with Crippen LogP contribution in [0.5, 0.6) is 5.75 Å². The fourth-order valence-electron chi connectivity index (χ4n) is 4.56. The van der Waals surface area contributed by atoms with Crippen LogP contribution >= 0.6 is 0 Å². The number of fused-ring (bicyclic) bond motifs is 2. The van der Waals surface area contributed by atoms with E-state index in [9.17, 15) is 4.79 Å². The second-order valence-corrected chi connectivity index (χ2v) is 7.86. The number of nitrogens with one attached hydrogen (secondary N) is 1. The molecule has 5 heteroatoms. The summed E-state index contributed by atoms with van der Waals surface area (Å²) >= 11 is 0. The van der Waals surface area contributed by atoms with Crippen molar-refractivity contribution in [2.45, 2.75) is 44.8 Å². The van der Waals surface area contributed by atoms with E-state index < -0.39 is 0 Å². The van der Waals surface area contributed by atoms with Gasteiger partial charge < -0.3 is 15.8 Å². The maximum absolute atomic E-state index is 12.8. The molecule has 142 valence electrons. The summed E-state index contributed by atoms with van der Waals surface area (Å²) in [7, 11) is 0. The summed E-state index contributed by atoms with van der Waals surface area (Å²) in [5, 5.41) is 3.08. The molecule has 1 amide bonds. The maximum atomic E-state index is 12.8. The van der Waals surface area contributed by atoms with Crippen molar-refractivity contribution in [3.8, 4) is 5.75 Å². The lowest BCUT2D eigenvalue weighted by Gasteiger charge is -2.43. The fraction of sp³-hybridized carbons (Fsp3) is 0.455. The molecule has 2 aliphatic carbocycles. The van der Waals surface area contributed by atoms with Gasteiger partial charge in [-0.05, 0) is 55.7 Å². The second kappa shape index (κ2) is 8.09. The van der Waals surface area contributed by atoms with Gasteiger partial charge in [-0.25, -0.2) is 0 Å². The van der Waals surface area contributed by atoms with Crippen LogP contribution in [0.25, 0.3) is 0 Å². The van der Waals surface area contributed by atoms with E-state index in [1.54, 1.807) is 12.4 Å². The van der Waals surface area contributed by atoms with E-state index in [4.69, 9.17) is 10.5 Å². The lowest BCUT2D eigenvalue weighted by Crippen LogP contribution is -2.48. The van der Waals surface area contributed by atoms with Gasteiger partial charge in [-0.1, -0.05) is 18.6 Å². The summed E-state index contributed by atoms with van der Waals surface area (Å²) in [5.41, 5.74) is 8.14. The van der Waals surface area contributed by atoms with Crippen molar-refractivity contribution >= 4 is 11.6 Å². The number of rotatable bonds is 5. The van der Waals surface area contributed by atoms with E-state index in [1.807, 2.05) is 36.4 Å². The smallest absolute Gasteiger partial charge is 0.227 e. The van der Waals surface area contributed by atoms with Gasteiger partial charge in [0.15, 0.2) is 0 Å². The summed E-state index contributed by atoms with van der Waals surface area (Å²) < 4.78 is 5.83. The largest absolute Gasteiger partial charge is 0.489 e.